The van der Waals surface area contributed by atoms with Crippen LogP contribution in [0.5, 0.6) is 0 Å². The van der Waals surface area contributed by atoms with Gasteiger partial charge in [0.15, 0.2) is 5.78 Å². The Morgan fingerprint density at radius 1 is 1.03 bits per heavy atom. The minimum absolute atomic E-state index is 0.0571. The Hall–Kier alpha value is -3.71. The lowest BCUT2D eigenvalue weighted by Crippen LogP contribution is -2.28. The number of esters is 1. The van der Waals surface area contributed by atoms with E-state index in [9.17, 15) is 14.4 Å². The molecule has 0 spiro atoms. The van der Waals surface area contributed by atoms with Gasteiger partial charge in [0.25, 0.3) is 5.56 Å². The maximum atomic E-state index is 13.7. The summed E-state index contributed by atoms with van der Waals surface area (Å²) in [6.45, 7) is 7.18. The predicted octanol–water partition coefficient (Wildman–Crippen LogP) is 5.50. The molecule has 0 radical (unpaired) electrons. The Labute approximate surface area is 214 Å². The van der Waals surface area contributed by atoms with Crippen molar-refractivity contribution in [3.05, 3.63) is 87.6 Å². The number of carbonyl (C=O) groups excluding carboxylic acids is 2. The fraction of sp³-hybridized carbons (Fsp3) is 0.286. The van der Waals surface area contributed by atoms with Gasteiger partial charge in [0.2, 0.25) is 0 Å². The summed E-state index contributed by atoms with van der Waals surface area (Å²) >= 11 is 6.31. The zero-order valence-electron chi connectivity index (χ0n) is 20.7. The van der Waals surface area contributed by atoms with Crippen LogP contribution in [0.2, 0.25) is 5.02 Å². The van der Waals surface area contributed by atoms with E-state index in [-0.39, 0.29) is 30.9 Å². The van der Waals surface area contributed by atoms with E-state index in [1.165, 1.54) is 9.25 Å². The first-order chi connectivity index (χ1) is 17.1. The second-order valence-electron chi connectivity index (χ2n) is 9.54. The number of fused-ring (bicyclic) bond motifs is 1. The molecule has 2 aromatic heterocycles. The highest BCUT2D eigenvalue weighted by molar-refractivity contribution is 6.31. The summed E-state index contributed by atoms with van der Waals surface area (Å²) < 4.78 is 8.31. The van der Waals surface area contributed by atoms with Crippen LogP contribution in [0, 0.1) is 0 Å². The van der Waals surface area contributed by atoms with Crippen LogP contribution < -0.4 is 5.56 Å². The van der Waals surface area contributed by atoms with Crippen LogP contribution in [-0.4, -0.2) is 31.7 Å². The molecule has 0 saturated carbocycles. The van der Waals surface area contributed by atoms with E-state index in [1.807, 2.05) is 30.3 Å². The molecule has 0 atom stereocenters. The number of hydrogen-bond donors (Lipinski definition) is 0. The van der Waals surface area contributed by atoms with Crippen LogP contribution in [-0.2, 0) is 22.6 Å². The van der Waals surface area contributed by atoms with Gasteiger partial charge in [-0.05, 0) is 56.0 Å². The van der Waals surface area contributed by atoms with Crippen molar-refractivity contribution in [2.24, 2.45) is 0 Å². The van der Waals surface area contributed by atoms with E-state index in [0.29, 0.717) is 32.7 Å². The van der Waals surface area contributed by atoms with Crippen molar-refractivity contribution in [3.8, 4) is 11.1 Å². The van der Waals surface area contributed by atoms with Crippen LogP contribution in [0.1, 0.15) is 50.3 Å². The molecular weight excluding hydrogens is 478 g/mol. The molecule has 186 valence electrons. The summed E-state index contributed by atoms with van der Waals surface area (Å²) in [5.41, 5.74) is 1.42. The number of hydrogen-bond acceptors (Lipinski definition) is 5. The maximum Gasteiger partial charge on any atom is 0.328 e. The lowest BCUT2D eigenvalue weighted by Gasteiger charge is -2.19. The molecule has 8 heteroatoms. The summed E-state index contributed by atoms with van der Waals surface area (Å²) in [5.74, 6) is -0.578. The molecular formula is C28H28ClN3O4. The van der Waals surface area contributed by atoms with Gasteiger partial charge in [-0.15, -0.1) is 0 Å². The quantitative estimate of drug-likeness (QED) is 0.244. The Bertz CT molecular complexity index is 1500. The Balaban J connectivity index is 1.85. The first-order valence-electron chi connectivity index (χ1n) is 11.8. The largest absolute Gasteiger partial charge is 0.459 e. The van der Waals surface area contributed by atoms with Crippen LogP contribution in [0.15, 0.2) is 65.6 Å². The number of rotatable bonds is 7. The molecule has 0 unspecified atom stereocenters. The number of ketones is 1. The van der Waals surface area contributed by atoms with Crippen molar-refractivity contribution in [1.82, 2.24) is 14.3 Å². The number of nitrogens with zero attached hydrogens (tertiary/aromatic N) is 3. The number of carbonyl (C=O) groups is 2. The summed E-state index contributed by atoms with van der Waals surface area (Å²) in [7, 11) is 0. The molecule has 0 fully saturated rings. The highest BCUT2D eigenvalue weighted by atomic mass is 35.5. The molecule has 36 heavy (non-hydrogen) atoms. The molecule has 0 saturated heterocycles. The first-order valence-corrected chi connectivity index (χ1v) is 12.1. The smallest absolute Gasteiger partial charge is 0.328 e. The topological polar surface area (TPSA) is 83.2 Å². The van der Waals surface area contributed by atoms with Gasteiger partial charge in [-0.3, -0.25) is 23.6 Å². The van der Waals surface area contributed by atoms with Crippen LogP contribution >= 0.6 is 11.6 Å². The molecule has 0 aliphatic heterocycles. The fourth-order valence-electron chi connectivity index (χ4n) is 4.17. The van der Waals surface area contributed by atoms with Crippen LogP contribution in [0.3, 0.4) is 0 Å². The molecule has 0 N–H and O–H groups in total. The van der Waals surface area contributed by atoms with E-state index in [2.05, 4.69) is 5.10 Å². The van der Waals surface area contributed by atoms with Gasteiger partial charge in [0.05, 0.1) is 17.9 Å². The van der Waals surface area contributed by atoms with Gasteiger partial charge in [0.1, 0.15) is 12.1 Å². The van der Waals surface area contributed by atoms with E-state index in [1.54, 1.807) is 58.2 Å². The van der Waals surface area contributed by atoms with E-state index >= 15 is 0 Å². The Kier molecular flexibility index (Phi) is 7.13. The number of benzene rings is 2. The minimum atomic E-state index is -0.600. The third kappa shape index (κ3) is 5.41. The van der Waals surface area contributed by atoms with E-state index in [0.717, 1.165) is 5.56 Å². The molecule has 0 bridgehead atoms. The zero-order chi connectivity index (χ0) is 26.0. The number of halogens is 1. The van der Waals surface area contributed by atoms with Crippen molar-refractivity contribution >= 4 is 34.1 Å². The molecule has 2 aromatic carbocycles. The molecule has 0 aliphatic rings. The van der Waals surface area contributed by atoms with Crippen LogP contribution in [0.4, 0.5) is 0 Å². The molecule has 2 heterocycles. The molecule has 4 aromatic rings. The third-order valence-corrected chi connectivity index (χ3v) is 5.84. The second-order valence-corrected chi connectivity index (χ2v) is 9.98. The van der Waals surface area contributed by atoms with Crippen molar-refractivity contribution < 1.29 is 14.3 Å². The Morgan fingerprint density at radius 3 is 2.42 bits per heavy atom. The highest BCUT2D eigenvalue weighted by Gasteiger charge is 2.23. The van der Waals surface area contributed by atoms with Crippen molar-refractivity contribution in [3.63, 3.8) is 0 Å². The van der Waals surface area contributed by atoms with E-state index in [4.69, 9.17) is 16.3 Å². The second kappa shape index (κ2) is 10.1. The van der Waals surface area contributed by atoms with E-state index < -0.39 is 11.6 Å². The Morgan fingerprint density at radius 2 is 1.75 bits per heavy atom. The monoisotopic (exact) mass is 505 g/mol. The maximum absolute atomic E-state index is 13.7. The normalized spacial score (nSPS) is 11.6. The van der Waals surface area contributed by atoms with Crippen molar-refractivity contribution in [1.29, 1.82) is 0 Å². The summed E-state index contributed by atoms with van der Waals surface area (Å²) in [6, 6.07) is 16.3. The third-order valence-electron chi connectivity index (χ3n) is 5.61. The van der Waals surface area contributed by atoms with Gasteiger partial charge >= 0.3 is 5.97 Å². The highest BCUT2D eigenvalue weighted by Crippen LogP contribution is 2.33. The number of ether oxygens (including phenoxy) is 1. The summed E-state index contributed by atoms with van der Waals surface area (Å²) in [6.07, 6.45) is 1.88. The average molecular weight is 506 g/mol. The number of Topliss-reactive ketones (excluding diaryl/α,β-unsaturated/α-hetero) is 1. The molecule has 0 aliphatic carbocycles. The van der Waals surface area contributed by atoms with Gasteiger partial charge < -0.3 is 4.74 Å². The SMILES string of the molecule is CCC(=O)c1c(-c2ccccc2)c2cc(Cl)ccc2c(=O)n1Cc1ccn(CC(=O)OC(C)(C)C)n1. The minimum Gasteiger partial charge on any atom is -0.459 e. The van der Waals surface area contributed by atoms with Crippen molar-refractivity contribution in [2.45, 2.75) is 52.8 Å². The van der Waals surface area contributed by atoms with Gasteiger partial charge in [-0.25, -0.2) is 0 Å². The fourth-order valence-corrected chi connectivity index (χ4v) is 4.34. The predicted molar refractivity (Wildman–Crippen MR) is 140 cm³/mol. The zero-order valence-corrected chi connectivity index (χ0v) is 21.5. The average Bonchev–Trinajstić information content (AvgIpc) is 3.25. The summed E-state index contributed by atoms with van der Waals surface area (Å²) in [5, 5.41) is 6.03. The van der Waals surface area contributed by atoms with Crippen molar-refractivity contribution in [2.75, 3.05) is 0 Å². The molecule has 4 rings (SSSR count). The summed E-state index contributed by atoms with van der Waals surface area (Å²) in [4.78, 5) is 39.2. The first kappa shape index (κ1) is 25.4. The van der Waals surface area contributed by atoms with Gasteiger partial charge in [-0.1, -0.05) is 48.9 Å². The molecule has 7 nitrogen and oxygen atoms in total. The lowest BCUT2D eigenvalue weighted by atomic mass is 9.94. The van der Waals surface area contributed by atoms with Gasteiger partial charge in [-0.2, -0.15) is 5.10 Å². The van der Waals surface area contributed by atoms with Gasteiger partial charge in [0, 0.05) is 28.6 Å². The lowest BCUT2D eigenvalue weighted by molar-refractivity contribution is -0.155. The molecule has 0 amide bonds. The van der Waals surface area contributed by atoms with Crippen LogP contribution in [0.25, 0.3) is 21.9 Å². The number of pyridine rings is 1. The standard InChI is InChI=1S/C28H28ClN3O4/c1-5-23(33)26-25(18-9-7-6-8-10-18)22-15-19(29)11-12-21(22)27(35)32(26)16-20-13-14-31(30-20)17-24(34)36-28(2,3)4/h6-15H,5,16-17H2,1-4H3. The number of aromatic nitrogens is 3.